The quantitative estimate of drug-likeness (QED) is 0.798. The zero-order valence-corrected chi connectivity index (χ0v) is 10.9. The highest BCUT2D eigenvalue weighted by atomic mass is 16.3. The first-order valence-corrected chi connectivity index (χ1v) is 7.05. The Morgan fingerprint density at radius 2 is 2.12 bits per heavy atom. The number of likely N-dealkylation sites (tertiary alicyclic amines) is 1. The molecule has 1 aliphatic heterocycles. The van der Waals surface area contributed by atoms with Crippen molar-refractivity contribution in [3.63, 3.8) is 0 Å². The van der Waals surface area contributed by atoms with Crippen LogP contribution in [-0.4, -0.2) is 35.7 Å². The molecule has 1 aliphatic carbocycles. The average Bonchev–Trinajstić information content (AvgIpc) is 2.66. The van der Waals surface area contributed by atoms with Crippen molar-refractivity contribution in [3.05, 3.63) is 0 Å². The third-order valence-electron chi connectivity index (χ3n) is 4.55. The Morgan fingerprint density at radius 1 is 1.31 bits per heavy atom. The molecule has 2 fully saturated rings. The topological polar surface area (TPSA) is 23.5 Å². The fourth-order valence-corrected chi connectivity index (χ4v) is 3.51. The molecule has 0 aromatic rings. The molecule has 2 rings (SSSR count). The minimum atomic E-state index is -0.115. The van der Waals surface area contributed by atoms with Crippen molar-refractivity contribution in [1.82, 2.24) is 4.90 Å². The van der Waals surface area contributed by atoms with Crippen LogP contribution in [0.2, 0.25) is 0 Å². The van der Waals surface area contributed by atoms with Crippen molar-refractivity contribution in [1.29, 1.82) is 0 Å². The molecule has 94 valence electrons. The zero-order chi connectivity index (χ0) is 11.5. The molecule has 4 unspecified atom stereocenters. The van der Waals surface area contributed by atoms with E-state index in [1.165, 1.54) is 45.2 Å². The molecule has 16 heavy (non-hydrogen) atoms. The SMILES string of the molecule is CC1CCCC(CN2CCC(C(C)O)C2)C1. The van der Waals surface area contributed by atoms with Crippen LogP contribution in [-0.2, 0) is 0 Å². The van der Waals surface area contributed by atoms with Crippen molar-refractivity contribution < 1.29 is 5.11 Å². The van der Waals surface area contributed by atoms with Gasteiger partial charge in [0.15, 0.2) is 0 Å². The summed E-state index contributed by atoms with van der Waals surface area (Å²) in [4.78, 5) is 2.58. The fraction of sp³-hybridized carbons (Fsp3) is 1.00. The van der Waals surface area contributed by atoms with E-state index in [2.05, 4.69) is 11.8 Å². The largest absolute Gasteiger partial charge is 0.393 e. The molecule has 1 heterocycles. The normalized spacial score (nSPS) is 38.8. The van der Waals surface area contributed by atoms with E-state index in [9.17, 15) is 5.11 Å². The second-order valence-corrected chi connectivity index (χ2v) is 6.19. The lowest BCUT2D eigenvalue weighted by atomic mass is 9.82. The van der Waals surface area contributed by atoms with Gasteiger partial charge in [0.2, 0.25) is 0 Å². The lowest BCUT2D eigenvalue weighted by Crippen LogP contribution is -2.31. The second-order valence-electron chi connectivity index (χ2n) is 6.19. The van der Waals surface area contributed by atoms with Gasteiger partial charge in [-0.2, -0.15) is 0 Å². The van der Waals surface area contributed by atoms with Crippen LogP contribution in [0.4, 0.5) is 0 Å². The summed E-state index contributed by atoms with van der Waals surface area (Å²) in [5, 5.41) is 9.59. The molecule has 0 aromatic carbocycles. The first kappa shape index (κ1) is 12.4. The first-order chi connectivity index (χ1) is 7.65. The van der Waals surface area contributed by atoms with E-state index in [0.717, 1.165) is 18.4 Å². The maximum absolute atomic E-state index is 9.59. The summed E-state index contributed by atoms with van der Waals surface area (Å²) in [5.74, 6) is 2.39. The van der Waals surface area contributed by atoms with E-state index in [4.69, 9.17) is 0 Å². The molecule has 0 radical (unpaired) electrons. The molecule has 4 atom stereocenters. The lowest BCUT2D eigenvalue weighted by Gasteiger charge is -2.30. The average molecular weight is 225 g/mol. The molecule has 0 spiro atoms. The predicted molar refractivity (Wildman–Crippen MR) is 67.3 cm³/mol. The van der Waals surface area contributed by atoms with Gasteiger partial charge in [0.05, 0.1) is 6.10 Å². The number of hydrogen-bond donors (Lipinski definition) is 1. The molecule has 1 saturated carbocycles. The van der Waals surface area contributed by atoms with Crippen LogP contribution in [0.15, 0.2) is 0 Å². The molecule has 1 saturated heterocycles. The number of aliphatic hydroxyl groups is 1. The minimum Gasteiger partial charge on any atom is -0.393 e. The lowest BCUT2D eigenvalue weighted by molar-refractivity contribution is 0.123. The van der Waals surface area contributed by atoms with E-state index in [1.54, 1.807) is 0 Å². The van der Waals surface area contributed by atoms with Crippen LogP contribution in [0, 0.1) is 17.8 Å². The summed E-state index contributed by atoms with van der Waals surface area (Å²) in [5.41, 5.74) is 0. The summed E-state index contributed by atoms with van der Waals surface area (Å²) in [7, 11) is 0. The zero-order valence-electron chi connectivity index (χ0n) is 10.9. The number of aliphatic hydroxyl groups excluding tert-OH is 1. The van der Waals surface area contributed by atoms with Gasteiger partial charge < -0.3 is 10.0 Å². The number of hydrogen-bond acceptors (Lipinski definition) is 2. The van der Waals surface area contributed by atoms with Gasteiger partial charge in [0, 0.05) is 13.1 Å². The minimum absolute atomic E-state index is 0.115. The summed E-state index contributed by atoms with van der Waals surface area (Å²) >= 11 is 0. The number of rotatable bonds is 3. The highest BCUT2D eigenvalue weighted by Gasteiger charge is 2.28. The van der Waals surface area contributed by atoms with Crippen LogP contribution in [0.1, 0.15) is 46.0 Å². The highest BCUT2D eigenvalue weighted by Crippen LogP contribution is 2.30. The molecular formula is C14H27NO. The fourth-order valence-electron chi connectivity index (χ4n) is 3.51. The van der Waals surface area contributed by atoms with Gasteiger partial charge in [-0.05, 0) is 50.5 Å². The maximum atomic E-state index is 9.59. The Balaban J connectivity index is 1.74. The van der Waals surface area contributed by atoms with Crippen LogP contribution in [0.25, 0.3) is 0 Å². The van der Waals surface area contributed by atoms with Crippen molar-refractivity contribution in [3.8, 4) is 0 Å². The van der Waals surface area contributed by atoms with Crippen LogP contribution >= 0.6 is 0 Å². The van der Waals surface area contributed by atoms with Gasteiger partial charge in [0.1, 0.15) is 0 Å². The summed E-state index contributed by atoms with van der Waals surface area (Å²) in [6.07, 6.45) is 6.80. The van der Waals surface area contributed by atoms with E-state index < -0.39 is 0 Å². The highest BCUT2D eigenvalue weighted by molar-refractivity contribution is 4.81. The molecule has 1 N–H and O–H groups in total. The third-order valence-corrected chi connectivity index (χ3v) is 4.55. The van der Waals surface area contributed by atoms with Gasteiger partial charge in [-0.3, -0.25) is 0 Å². The van der Waals surface area contributed by atoms with Crippen LogP contribution in [0.5, 0.6) is 0 Å². The van der Waals surface area contributed by atoms with Crippen molar-refractivity contribution in [2.45, 2.75) is 52.1 Å². The van der Waals surface area contributed by atoms with Gasteiger partial charge in [0.25, 0.3) is 0 Å². The smallest absolute Gasteiger partial charge is 0.0552 e. The Hall–Kier alpha value is -0.0800. The Labute approximate surface area is 100 Å². The van der Waals surface area contributed by atoms with Crippen molar-refractivity contribution in [2.24, 2.45) is 17.8 Å². The molecule has 2 heteroatoms. The summed E-state index contributed by atoms with van der Waals surface area (Å²) < 4.78 is 0. The standard InChI is InChI=1S/C14H27NO/c1-11-4-3-5-13(8-11)9-15-7-6-14(10-15)12(2)16/h11-14,16H,3-10H2,1-2H3. The van der Waals surface area contributed by atoms with E-state index in [0.29, 0.717) is 5.92 Å². The third kappa shape index (κ3) is 3.21. The Bertz CT molecular complexity index is 217. The molecule has 2 aliphatic rings. The van der Waals surface area contributed by atoms with Gasteiger partial charge in [-0.1, -0.05) is 19.8 Å². The summed E-state index contributed by atoms with van der Waals surface area (Å²) in [6.45, 7) is 7.96. The maximum Gasteiger partial charge on any atom is 0.0552 e. The Kier molecular flexibility index (Phi) is 4.26. The molecule has 0 bridgehead atoms. The summed E-state index contributed by atoms with van der Waals surface area (Å²) in [6, 6.07) is 0. The van der Waals surface area contributed by atoms with Gasteiger partial charge in [-0.15, -0.1) is 0 Å². The predicted octanol–water partition coefficient (Wildman–Crippen LogP) is 2.52. The van der Waals surface area contributed by atoms with Crippen molar-refractivity contribution >= 4 is 0 Å². The van der Waals surface area contributed by atoms with Crippen LogP contribution < -0.4 is 0 Å². The monoisotopic (exact) mass is 225 g/mol. The van der Waals surface area contributed by atoms with Crippen LogP contribution in [0.3, 0.4) is 0 Å². The van der Waals surface area contributed by atoms with E-state index in [-0.39, 0.29) is 6.10 Å². The Morgan fingerprint density at radius 3 is 2.75 bits per heavy atom. The molecule has 0 aromatic heterocycles. The first-order valence-electron chi connectivity index (χ1n) is 7.05. The molecule has 2 nitrogen and oxygen atoms in total. The number of nitrogens with zero attached hydrogens (tertiary/aromatic N) is 1. The van der Waals surface area contributed by atoms with Gasteiger partial charge >= 0.3 is 0 Å². The second kappa shape index (κ2) is 5.50. The van der Waals surface area contributed by atoms with E-state index >= 15 is 0 Å². The van der Waals surface area contributed by atoms with E-state index in [1.807, 2.05) is 6.92 Å². The van der Waals surface area contributed by atoms with Gasteiger partial charge in [-0.25, -0.2) is 0 Å². The molecular weight excluding hydrogens is 198 g/mol. The molecule has 0 amide bonds. The van der Waals surface area contributed by atoms with Crippen molar-refractivity contribution in [2.75, 3.05) is 19.6 Å².